The first-order valence-electron chi connectivity index (χ1n) is 11.4. The summed E-state index contributed by atoms with van der Waals surface area (Å²) in [5.74, 6) is 0.579. The number of carbonyl (C=O) groups excluding carboxylic acids is 1. The largest absolute Gasteiger partial charge is 0.573 e. The number of carbonyl (C=O) groups is 1. The lowest BCUT2D eigenvalue weighted by molar-refractivity contribution is -0.384. The van der Waals surface area contributed by atoms with E-state index < -0.39 is 11.3 Å². The standard InChI is InChI=1S/C23H26F3N5O4/c24-23(25,26)35-21-4-2-1-3-16(21)11-28-22-9-19(20(12-29-22)31(33)34)27-10-15-5-7-17(8-6-15)30-13-18(32)14-30/h1-4,9,12,15,17H,5-8,10-11,13-14H2,(H2,27,28,29). The molecule has 2 aromatic rings. The van der Waals surface area contributed by atoms with Gasteiger partial charge in [-0.25, -0.2) is 4.98 Å². The summed E-state index contributed by atoms with van der Waals surface area (Å²) in [6.45, 7) is 1.62. The van der Waals surface area contributed by atoms with E-state index in [0.717, 1.165) is 31.9 Å². The molecule has 1 aliphatic heterocycles. The smallest absolute Gasteiger partial charge is 0.405 e. The maximum atomic E-state index is 12.7. The number of pyridine rings is 1. The molecule has 2 heterocycles. The quantitative estimate of drug-likeness (QED) is 0.392. The number of benzene rings is 1. The molecule has 2 N–H and O–H groups in total. The highest BCUT2D eigenvalue weighted by atomic mass is 19.4. The van der Waals surface area contributed by atoms with Crippen LogP contribution in [0.5, 0.6) is 5.75 Å². The topological polar surface area (TPSA) is 110 Å². The number of ketones is 1. The highest BCUT2D eigenvalue weighted by Crippen LogP contribution is 2.32. The van der Waals surface area contributed by atoms with Crippen molar-refractivity contribution in [2.45, 2.75) is 44.6 Å². The monoisotopic (exact) mass is 493 g/mol. The van der Waals surface area contributed by atoms with Gasteiger partial charge >= 0.3 is 12.0 Å². The van der Waals surface area contributed by atoms with E-state index >= 15 is 0 Å². The van der Waals surface area contributed by atoms with Gasteiger partial charge in [0, 0.05) is 30.8 Å². The van der Waals surface area contributed by atoms with Gasteiger partial charge in [0.1, 0.15) is 23.5 Å². The van der Waals surface area contributed by atoms with Gasteiger partial charge < -0.3 is 15.4 Å². The minimum absolute atomic E-state index is 0.0144. The summed E-state index contributed by atoms with van der Waals surface area (Å²) in [7, 11) is 0. The summed E-state index contributed by atoms with van der Waals surface area (Å²) in [6.07, 6.45) is 0.213. The number of para-hydroxylation sites is 1. The molecule has 0 amide bonds. The lowest BCUT2D eigenvalue weighted by Crippen LogP contribution is -2.53. The maximum absolute atomic E-state index is 12.7. The number of nitrogens with zero attached hydrogens (tertiary/aromatic N) is 3. The van der Waals surface area contributed by atoms with E-state index in [1.165, 1.54) is 24.3 Å². The van der Waals surface area contributed by atoms with Crippen LogP contribution in [0.3, 0.4) is 0 Å². The molecule has 1 saturated heterocycles. The van der Waals surface area contributed by atoms with Crippen molar-refractivity contribution < 1.29 is 27.6 Å². The van der Waals surface area contributed by atoms with Gasteiger partial charge in [0.25, 0.3) is 0 Å². The lowest BCUT2D eigenvalue weighted by Gasteiger charge is -2.40. The Labute approximate surface area is 199 Å². The van der Waals surface area contributed by atoms with Crippen molar-refractivity contribution in [2.75, 3.05) is 30.3 Å². The Morgan fingerprint density at radius 3 is 2.51 bits per heavy atom. The summed E-state index contributed by atoms with van der Waals surface area (Å²) >= 11 is 0. The van der Waals surface area contributed by atoms with Crippen molar-refractivity contribution in [2.24, 2.45) is 5.92 Å². The molecule has 0 atom stereocenters. The highest BCUT2D eigenvalue weighted by Gasteiger charge is 2.33. The highest BCUT2D eigenvalue weighted by molar-refractivity contribution is 5.87. The summed E-state index contributed by atoms with van der Waals surface area (Å²) in [4.78, 5) is 28.4. The van der Waals surface area contributed by atoms with Gasteiger partial charge in [0.05, 0.1) is 18.0 Å². The predicted molar refractivity (Wildman–Crippen MR) is 122 cm³/mol. The number of anilines is 2. The number of hydrogen-bond acceptors (Lipinski definition) is 8. The van der Waals surface area contributed by atoms with Crippen LogP contribution in [-0.2, 0) is 11.3 Å². The molecule has 188 valence electrons. The Morgan fingerprint density at radius 1 is 1.14 bits per heavy atom. The van der Waals surface area contributed by atoms with E-state index in [-0.39, 0.29) is 35.1 Å². The second-order valence-corrected chi connectivity index (χ2v) is 8.85. The van der Waals surface area contributed by atoms with Crippen molar-refractivity contribution in [1.82, 2.24) is 9.88 Å². The molecular formula is C23H26F3N5O4. The first-order chi connectivity index (χ1) is 16.7. The molecule has 1 aromatic heterocycles. The maximum Gasteiger partial charge on any atom is 0.573 e. The molecule has 1 saturated carbocycles. The second kappa shape index (κ2) is 10.5. The Hall–Kier alpha value is -3.41. The van der Waals surface area contributed by atoms with Crippen LogP contribution in [0.1, 0.15) is 31.2 Å². The van der Waals surface area contributed by atoms with Crippen molar-refractivity contribution in [3.8, 4) is 5.75 Å². The molecule has 0 bridgehead atoms. The molecule has 0 unspecified atom stereocenters. The van der Waals surface area contributed by atoms with Gasteiger partial charge in [-0.2, -0.15) is 0 Å². The number of Topliss-reactive ketones (excluding diaryl/α,β-unsaturated/α-hetero) is 1. The normalized spacial score (nSPS) is 20.7. The Kier molecular flexibility index (Phi) is 7.39. The third-order valence-electron chi connectivity index (χ3n) is 6.41. The van der Waals surface area contributed by atoms with Gasteiger partial charge in [-0.15, -0.1) is 13.2 Å². The summed E-state index contributed by atoms with van der Waals surface area (Å²) in [5, 5.41) is 17.5. The Bertz CT molecular complexity index is 1070. The molecule has 35 heavy (non-hydrogen) atoms. The molecule has 12 heteroatoms. The van der Waals surface area contributed by atoms with Gasteiger partial charge in [-0.1, -0.05) is 18.2 Å². The van der Waals surface area contributed by atoms with Crippen LogP contribution >= 0.6 is 0 Å². The average molecular weight is 493 g/mol. The fourth-order valence-electron chi connectivity index (χ4n) is 4.53. The summed E-state index contributed by atoms with van der Waals surface area (Å²) < 4.78 is 42.0. The van der Waals surface area contributed by atoms with Crippen LogP contribution in [0, 0.1) is 16.0 Å². The second-order valence-electron chi connectivity index (χ2n) is 8.85. The number of nitrogens with one attached hydrogen (secondary N) is 2. The molecule has 0 radical (unpaired) electrons. The molecule has 1 aliphatic carbocycles. The van der Waals surface area contributed by atoms with Crippen LogP contribution in [0.4, 0.5) is 30.4 Å². The molecule has 9 nitrogen and oxygen atoms in total. The third-order valence-corrected chi connectivity index (χ3v) is 6.41. The minimum atomic E-state index is -4.81. The van der Waals surface area contributed by atoms with Crippen molar-refractivity contribution in [3.63, 3.8) is 0 Å². The number of ether oxygens (including phenoxy) is 1. The van der Waals surface area contributed by atoms with Crippen LogP contribution in [0.15, 0.2) is 36.5 Å². The van der Waals surface area contributed by atoms with Gasteiger partial charge in [0.2, 0.25) is 0 Å². The van der Waals surface area contributed by atoms with Gasteiger partial charge in [-0.05, 0) is 37.7 Å². The summed E-state index contributed by atoms with van der Waals surface area (Å²) in [5.41, 5.74) is 0.382. The van der Waals surface area contributed by atoms with Crippen molar-refractivity contribution >= 4 is 23.0 Å². The van der Waals surface area contributed by atoms with E-state index in [1.807, 2.05) is 0 Å². The SMILES string of the molecule is O=C1CN(C2CCC(CNc3cc(NCc4ccccc4OC(F)(F)F)ncc3[N+](=O)[O-])CC2)C1. The predicted octanol–water partition coefficient (Wildman–Crippen LogP) is 4.36. The zero-order valence-electron chi connectivity index (χ0n) is 18.9. The molecular weight excluding hydrogens is 467 g/mol. The number of alkyl halides is 3. The Balaban J connectivity index is 1.36. The van der Waals surface area contributed by atoms with E-state index in [2.05, 4.69) is 25.3 Å². The number of aromatic nitrogens is 1. The number of nitro groups is 1. The molecule has 4 rings (SSSR count). The number of hydrogen-bond donors (Lipinski definition) is 2. The van der Waals surface area contributed by atoms with Gasteiger partial charge in [0.15, 0.2) is 5.78 Å². The van der Waals surface area contributed by atoms with Gasteiger partial charge in [-0.3, -0.25) is 19.8 Å². The van der Waals surface area contributed by atoms with Crippen LogP contribution in [-0.4, -0.2) is 52.6 Å². The van der Waals surface area contributed by atoms with E-state index in [0.29, 0.717) is 37.3 Å². The zero-order chi connectivity index (χ0) is 25.0. The average Bonchev–Trinajstić information content (AvgIpc) is 2.79. The van der Waals surface area contributed by atoms with E-state index in [1.54, 1.807) is 6.07 Å². The number of likely N-dealkylation sites (tertiary alicyclic amines) is 1. The molecule has 0 spiro atoms. The Morgan fingerprint density at radius 2 is 1.86 bits per heavy atom. The molecule has 2 aliphatic rings. The van der Waals surface area contributed by atoms with Crippen LogP contribution in [0.2, 0.25) is 0 Å². The van der Waals surface area contributed by atoms with Crippen LogP contribution in [0.25, 0.3) is 0 Å². The van der Waals surface area contributed by atoms with E-state index in [4.69, 9.17) is 0 Å². The first kappa shape index (κ1) is 24.7. The summed E-state index contributed by atoms with van der Waals surface area (Å²) in [6, 6.07) is 7.65. The number of halogens is 3. The third kappa shape index (κ3) is 6.59. The minimum Gasteiger partial charge on any atom is -0.405 e. The molecule has 1 aromatic carbocycles. The molecule has 2 fully saturated rings. The van der Waals surface area contributed by atoms with Crippen molar-refractivity contribution in [3.05, 3.63) is 52.2 Å². The fourth-order valence-corrected chi connectivity index (χ4v) is 4.53. The van der Waals surface area contributed by atoms with E-state index in [9.17, 15) is 28.1 Å². The fraction of sp³-hybridized carbons (Fsp3) is 0.478. The van der Waals surface area contributed by atoms with Crippen LogP contribution < -0.4 is 15.4 Å². The lowest BCUT2D eigenvalue weighted by atomic mass is 9.84. The zero-order valence-corrected chi connectivity index (χ0v) is 18.9. The number of rotatable bonds is 9. The first-order valence-corrected chi connectivity index (χ1v) is 11.4. The van der Waals surface area contributed by atoms with Crippen molar-refractivity contribution in [1.29, 1.82) is 0 Å².